The molecule has 0 amide bonds. The lowest BCUT2D eigenvalue weighted by Gasteiger charge is -2.06. The molecule has 3 nitrogen and oxygen atoms in total. The number of para-hydroxylation sites is 1. The molecule has 0 radical (unpaired) electrons. The van der Waals surface area contributed by atoms with Crippen molar-refractivity contribution in [2.75, 3.05) is 5.75 Å². The number of benzene rings is 2. The molecule has 0 bridgehead atoms. The average molecular weight is 288 g/mol. The maximum absolute atomic E-state index is 12.0. The summed E-state index contributed by atoms with van der Waals surface area (Å²) in [5, 5.41) is 0. The standard InChI is InChI=1S/C16H16O3S/c1-2-3-13-20(17,18)16-11-9-15(10-12-16)19-14-7-5-4-6-8-14/h2-12H,13H2,1H3. The Hall–Kier alpha value is -2.07. The highest BCUT2D eigenvalue weighted by Crippen LogP contribution is 2.22. The Bertz CT molecular complexity index is 671. The van der Waals surface area contributed by atoms with Crippen LogP contribution in [0.15, 0.2) is 71.6 Å². The van der Waals surface area contributed by atoms with Crippen molar-refractivity contribution >= 4 is 9.84 Å². The highest BCUT2D eigenvalue weighted by atomic mass is 32.2. The zero-order chi connectivity index (χ0) is 14.4. The van der Waals surface area contributed by atoms with Crippen LogP contribution in [0.3, 0.4) is 0 Å². The first kappa shape index (κ1) is 14.3. The van der Waals surface area contributed by atoms with E-state index in [0.717, 1.165) is 5.75 Å². The van der Waals surface area contributed by atoms with Crippen LogP contribution in [0.4, 0.5) is 0 Å². The first-order valence-corrected chi connectivity index (χ1v) is 7.94. The topological polar surface area (TPSA) is 43.4 Å². The quantitative estimate of drug-likeness (QED) is 0.785. The summed E-state index contributed by atoms with van der Waals surface area (Å²) in [7, 11) is -3.25. The summed E-state index contributed by atoms with van der Waals surface area (Å²) in [6, 6.07) is 15.8. The Morgan fingerprint density at radius 3 is 2.15 bits per heavy atom. The largest absolute Gasteiger partial charge is 0.457 e. The van der Waals surface area contributed by atoms with Crippen LogP contribution in [0.2, 0.25) is 0 Å². The van der Waals surface area contributed by atoms with E-state index in [1.54, 1.807) is 43.3 Å². The molecule has 2 rings (SSSR count). The minimum absolute atomic E-state index is 0.0163. The third-order valence-electron chi connectivity index (χ3n) is 2.71. The Labute approximate surface area is 119 Å². The van der Waals surface area contributed by atoms with E-state index in [4.69, 9.17) is 4.74 Å². The molecule has 0 unspecified atom stereocenters. The summed E-state index contributed by atoms with van der Waals surface area (Å²) < 4.78 is 29.6. The van der Waals surface area contributed by atoms with E-state index in [2.05, 4.69) is 0 Å². The first-order chi connectivity index (χ1) is 9.62. The summed E-state index contributed by atoms with van der Waals surface area (Å²) in [4.78, 5) is 0.302. The van der Waals surface area contributed by atoms with Crippen molar-refractivity contribution < 1.29 is 13.2 Å². The second-order valence-corrected chi connectivity index (χ2v) is 6.27. The van der Waals surface area contributed by atoms with Gasteiger partial charge in [-0.05, 0) is 43.3 Å². The smallest absolute Gasteiger partial charge is 0.181 e. The van der Waals surface area contributed by atoms with Crippen LogP contribution < -0.4 is 4.74 Å². The molecule has 0 aliphatic heterocycles. The van der Waals surface area contributed by atoms with E-state index in [1.165, 1.54) is 0 Å². The van der Waals surface area contributed by atoms with E-state index >= 15 is 0 Å². The van der Waals surface area contributed by atoms with Gasteiger partial charge in [-0.15, -0.1) is 0 Å². The van der Waals surface area contributed by atoms with Gasteiger partial charge in [0, 0.05) is 0 Å². The van der Waals surface area contributed by atoms with Crippen LogP contribution in [-0.4, -0.2) is 14.2 Å². The maximum Gasteiger partial charge on any atom is 0.181 e. The third kappa shape index (κ3) is 3.71. The van der Waals surface area contributed by atoms with Gasteiger partial charge in [-0.2, -0.15) is 0 Å². The first-order valence-electron chi connectivity index (χ1n) is 6.29. The van der Waals surface area contributed by atoms with Gasteiger partial charge in [0.25, 0.3) is 0 Å². The molecule has 0 aliphatic rings. The zero-order valence-electron chi connectivity index (χ0n) is 11.2. The molecule has 4 heteroatoms. The number of ether oxygens (including phenoxy) is 1. The Kier molecular flexibility index (Phi) is 4.58. The second-order valence-electron chi connectivity index (χ2n) is 4.24. The lowest BCUT2D eigenvalue weighted by Crippen LogP contribution is -2.04. The van der Waals surface area contributed by atoms with Gasteiger partial charge in [0.05, 0.1) is 10.6 Å². The molecule has 0 heterocycles. The lowest BCUT2D eigenvalue weighted by atomic mass is 10.3. The molecule has 2 aromatic rings. The number of rotatable bonds is 5. The predicted molar refractivity (Wildman–Crippen MR) is 79.8 cm³/mol. The number of hydrogen-bond acceptors (Lipinski definition) is 3. The van der Waals surface area contributed by atoms with E-state index in [9.17, 15) is 8.42 Å². The van der Waals surface area contributed by atoms with Crippen LogP contribution in [-0.2, 0) is 9.84 Å². The monoisotopic (exact) mass is 288 g/mol. The van der Waals surface area contributed by atoms with Crippen LogP contribution in [0, 0.1) is 0 Å². The summed E-state index contributed by atoms with van der Waals surface area (Å²) in [6.07, 6.45) is 3.36. The Balaban J connectivity index is 2.14. The highest BCUT2D eigenvalue weighted by molar-refractivity contribution is 7.91. The van der Waals surface area contributed by atoms with E-state index < -0.39 is 9.84 Å². The lowest BCUT2D eigenvalue weighted by molar-refractivity contribution is 0.482. The van der Waals surface area contributed by atoms with Crippen molar-refractivity contribution in [3.05, 3.63) is 66.7 Å². The number of sulfone groups is 1. The maximum atomic E-state index is 12.0. The van der Waals surface area contributed by atoms with Crippen molar-refractivity contribution in [2.24, 2.45) is 0 Å². The average Bonchev–Trinajstić information content (AvgIpc) is 2.47. The normalized spacial score (nSPS) is 11.7. The number of allylic oxidation sites excluding steroid dienone is 1. The predicted octanol–water partition coefficient (Wildman–Crippen LogP) is 3.83. The van der Waals surface area contributed by atoms with Crippen LogP contribution in [0.25, 0.3) is 0 Å². The second kappa shape index (κ2) is 6.39. The molecule has 0 spiro atoms. The molecule has 0 N–H and O–H groups in total. The molecular weight excluding hydrogens is 272 g/mol. The fraction of sp³-hybridized carbons (Fsp3) is 0.125. The molecule has 0 saturated carbocycles. The van der Waals surface area contributed by atoms with Gasteiger partial charge in [-0.3, -0.25) is 0 Å². The van der Waals surface area contributed by atoms with Gasteiger partial charge in [0.15, 0.2) is 9.84 Å². The van der Waals surface area contributed by atoms with Crippen molar-refractivity contribution in [1.82, 2.24) is 0 Å². The van der Waals surface area contributed by atoms with Gasteiger partial charge in [-0.1, -0.05) is 30.4 Å². The minimum atomic E-state index is -3.25. The van der Waals surface area contributed by atoms with Gasteiger partial charge < -0.3 is 4.74 Å². The summed E-state index contributed by atoms with van der Waals surface area (Å²) in [5.41, 5.74) is 0. The van der Waals surface area contributed by atoms with Crippen LogP contribution in [0.1, 0.15) is 6.92 Å². The third-order valence-corrected chi connectivity index (χ3v) is 4.33. The van der Waals surface area contributed by atoms with Crippen molar-refractivity contribution in [3.63, 3.8) is 0 Å². The van der Waals surface area contributed by atoms with Crippen molar-refractivity contribution in [1.29, 1.82) is 0 Å². The fourth-order valence-corrected chi connectivity index (χ4v) is 2.85. The molecule has 2 aromatic carbocycles. The highest BCUT2D eigenvalue weighted by Gasteiger charge is 2.12. The molecule has 104 valence electrons. The van der Waals surface area contributed by atoms with Crippen LogP contribution >= 0.6 is 0 Å². The molecule has 0 aromatic heterocycles. The zero-order valence-corrected chi connectivity index (χ0v) is 12.0. The van der Waals surface area contributed by atoms with Gasteiger partial charge in [-0.25, -0.2) is 8.42 Å². The van der Waals surface area contributed by atoms with Crippen LogP contribution in [0.5, 0.6) is 11.5 Å². The molecule has 0 saturated heterocycles. The van der Waals surface area contributed by atoms with E-state index in [-0.39, 0.29) is 5.75 Å². The SMILES string of the molecule is CC=CCS(=O)(=O)c1ccc(Oc2ccccc2)cc1. The van der Waals surface area contributed by atoms with Gasteiger partial charge >= 0.3 is 0 Å². The molecule has 20 heavy (non-hydrogen) atoms. The number of hydrogen-bond donors (Lipinski definition) is 0. The fourth-order valence-electron chi connectivity index (χ4n) is 1.66. The molecule has 0 fully saturated rings. The molecule has 0 atom stereocenters. The van der Waals surface area contributed by atoms with E-state index in [0.29, 0.717) is 10.6 Å². The van der Waals surface area contributed by atoms with E-state index in [1.807, 2.05) is 30.3 Å². The molecule has 0 aliphatic carbocycles. The Morgan fingerprint density at radius 2 is 1.55 bits per heavy atom. The van der Waals surface area contributed by atoms with Crippen molar-refractivity contribution in [2.45, 2.75) is 11.8 Å². The summed E-state index contributed by atoms with van der Waals surface area (Å²) >= 11 is 0. The van der Waals surface area contributed by atoms with Gasteiger partial charge in [0.1, 0.15) is 11.5 Å². The van der Waals surface area contributed by atoms with Crippen molar-refractivity contribution in [3.8, 4) is 11.5 Å². The summed E-state index contributed by atoms with van der Waals surface area (Å²) in [6.45, 7) is 1.80. The Morgan fingerprint density at radius 1 is 0.950 bits per heavy atom. The van der Waals surface area contributed by atoms with Gasteiger partial charge in [0.2, 0.25) is 0 Å². The molecular formula is C16H16O3S. The minimum Gasteiger partial charge on any atom is -0.457 e. The summed E-state index contributed by atoms with van der Waals surface area (Å²) in [5.74, 6) is 1.35.